The van der Waals surface area contributed by atoms with E-state index in [9.17, 15) is 9.59 Å². The molecule has 0 radical (unpaired) electrons. The lowest BCUT2D eigenvalue weighted by molar-refractivity contribution is 0.0948. The Kier molecular flexibility index (Phi) is 4.47. The smallest absolute Gasteiger partial charge is 0.404 e. The fourth-order valence-electron chi connectivity index (χ4n) is 2.97. The van der Waals surface area contributed by atoms with E-state index in [1.165, 1.54) is 11.3 Å². The van der Waals surface area contributed by atoms with Crippen molar-refractivity contribution in [3.63, 3.8) is 0 Å². The second-order valence-electron chi connectivity index (χ2n) is 5.91. The van der Waals surface area contributed by atoms with Gasteiger partial charge in [-0.25, -0.2) is 9.78 Å². The van der Waals surface area contributed by atoms with Gasteiger partial charge in [0, 0.05) is 30.2 Å². The summed E-state index contributed by atoms with van der Waals surface area (Å²) < 4.78 is 1.76. The fourth-order valence-corrected chi connectivity index (χ4v) is 3.68. The molecule has 2 aromatic heterocycles. The van der Waals surface area contributed by atoms with E-state index in [2.05, 4.69) is 15.6 Å². The molecule has 0 saturated heterocycles. The molecule has 0 aliphatic carbocycles. The molecule has 136 valence electrons. The number of carbonyl (C=O) groups excluding carboxylic acids is 1. The zero-order chi connectivity index (χ0) is 18.8. The summed E-state index contributed by atoms with van der Waals surface area (Å²) in [6, 6.07) is 14.0. The van der Waals surface area contributed by atoms with Gasteiger partial charge in [0.1, 0.15) is 11.4 Å². The van der Waals surface area contributed by atoms with Gasteiger partial charge >= 0.3 is 6.09 Å². The monoisotopic (exact) mass is 380 g/mol. The Morgan fingerprint density at radius 3 is 2.67 bits per heavy atom. The van der Waals surface area contributed by atoms with Gasteiger partial charge in [-0.15, -0.1) is 11.3 Å². The molecular weight excluding hydrogens is 364 g/mol. The third kappa shape index (κ3) is 3.34. The van der Waals surface area contributed by atoms with Gasteiger partial charge in [0.25, 0.3) is 5.91 Å². The van der Waals surface area contributed by atoms with Gasteiger partial charge in [-0.1, -0.05) is 36.4 Å². The number of carboxylic acid groups (broad SMARTS) is 1. The highest BCUT2D eigenvalue weighted by atomic mass is 32.1. The predicted octanol–water partition coefficient (Wildman–Crippen LogP) is 3.21. The van der Waals surface area contributed by atoms with E-state index < -0.39 is 6.09 Å². The van der Waals surface area contributed by atoms with Crippen LogP contribution in [0.3, 0.4) is 0 Å². The number of fused-ring (bicyclic) bond motifs is 2. The van der Waals surface area contributed by atoms with E-state index in [-0.39, 0.29) is 19.0 Å². The van der Waals surface area contributed by atoms with Crippen molar-refractivity contribution >= 4 is 39.1 Å². The van der Waals surface area contributed by atoms with Gasteiger partial charge < -0.3 is 15.7 Å². The number of rotatable bonds is 5. The van der Waals surface area contributed by atoms with Crippen LogP contribution in [0.5, 0.6) is 0 Å². The molecule has 4 rings (SSSR count). The van der Waals surface area contributed by atoms with E-state index in [0.29, 0.717) is 11.4 Å². The lowest BCUT2D eigenvalue weighted by atomic mass is 10.0. The van der Waals surface area contributed by atoms with Crippen molar-refractivity contribution in [2.75, 3.05) is 13.1 Å². The first-order chi connectivity index (χ1) is 13.1. The molecule has 0 atom stereocenters. The van der Waals surface area contributed by atoms with Crippen LogP contribution in [0.2, 0.25) is 0 Å². The minimum absolute atomic E-state index is 0.137. The Balaban J connectivity index is 1.70. The fraction of sp³-hybridized carbons (Fsp3) is 0.105. The van der Waals surface area contributed by atoms with Gasteiger partial charge in [0.15, 0.2) is 4.96 Å². The van der Waals surface area contributed by atoms with E-state index in [1.807, 2.05) is 54.0 Å². The molecule has 0 spiro atoms. The predicted molar refractivity (Wildman–Crippen MR) is 104 cm³/mol. The zero-order valence-electron chi connectivity index (χ0n) is 14.2. The first-order valence-corrected chi connectivity index (χ1v) is 9.21. The van der Waals surface area contributed by atoms with E-state index in [1.54, 1.807) is 4.40 Å². The molecule has 27 heavy (non-hydrogen) atoms. The van der Waals surface area contributed by atoms with Crippen LogP contribution in [0, 0.1) is 0 Å². The Hall–Kier alpha value is -3.39. The lowest BCUT2D eigenvalue weighted by Crippen LogP contribution is -2.34. The summed E-state index contributed by atoms with van der Waals surface area (Å²) in [7, 11) is 0. The van der Waals surface area contributed by atoms with Crippen molar-refractivity contribution < 1.29 is 14.7 Å². The van der Waals surface area contributed by atoms with Crippen LogP contribution in [-0.4, -0.2) is 39.6 Å². The third-order valence-corrected chi connectivity index (χ3v) is 4.94. The number of amides is 2. The van der Waals surface area contributed by atoms with Crippen LogP contribution in [0.25, 0.3) is 27.0 Å². The number of hydrogen-bond donors (Lipinski definition) is 3. The third-order valence-electron chi connectivity index (χ3n) is 4.19. The number of carbonyl (C=O) groups is 2. The quantitative estimate of drug-likeness (QED) is 0.463. The number of thiazole rings is 1. The summed E-state index contributed by atoms with van der Waals surface area (Å²) in [6.45, 7) is 0.331. The second-order valence-corrected chi connectivity index (χ2v) is 6.79. The van der Waals surface area contributed by atoms with E-state index in [4.69, 9.17) is 5.11 Å². The van der Waals surface area contributed by atoms with Crippen molar-refractivity contribution in [2.45, 2.75) is 0 Å². The van der Waals surface area contributed by atoms with Crippen molar-refractivity contribution in [3.8, 4) is 11.3 Å². The second kappa shape index (κ2) is 7.08. The standard InChI is InChI=1S/C19H16N4O3S/c24-17(20-7-8-21-19(25)26)16-15(22-18-23(16)9-10-27-18)14-6-5-12-3-1-2-4-13(12)11-14/h1-6,9-11,21H,7-8H2,(H,20,24)(H,25,26). The van der Waals surface area contributed by atoms with Crippen LogP contribution >= 0.6 is 11.3 Å². The Morgan fingerprint density at radius 1 is 1.07 bits per heavy atom. The maximum atomic E-state index is 12.8. The van der Waals surface area contributed by atoms with Crippen molar-refractivity contribution in [2.24, 2.45) is 0 Å². The van der Waals surface area contributed by atoms with Gasteiger partial charge in [-0.3, -0.25) is 9.20 Å². The average molecular weight is 380 g/mol. The number of hydrogen-bond acceptors (Lipinski definition) is 4. The minimum atomic E-state index is -1.12. The molecule has 4 aromatic rings. The first kappa shape index (κ1) is 17.0. The van der Waals surface area contributed by atoms with E-state index >= 15 is 0 Å². The summed E-state index contributed by atoms with van der Waals surface area (Å²) >= 11 is 1.45. The highest BCUT2D eigenvalue weighted by Crippen LogP contribution is 2.29. The first-order valence-electron chi connectivity index (χ1n) is 8.33. The summed E-state index contributed by atoms with van der Waals surface area (Å²) in [5, 5.41) is 17.7. The van der Waals surface area contributed by atoms with Crippen LogP contribution in [0.1, 0.15) is 10.5 Å². The number of benzene rings is 2. The topological polar surface area (TPSA) is 95.7 Å². The molecule has 8 heteroatoms. The van der Waals surface area contributed by atoms with Crippen molar-refractivity contribution in [1.29, 1.82) is 0 Å². The summed E-state index contributed by atoms with van der Waals surface area (Å²) in [5.41, 5.74) is 1.91. The van der Waals surface area contributed by atoms with Gasteiger partial charge in [-0.05, 0) is 16.8 Å². The molecule has 0 aliphatic rings. The van der Waals surface area contributed by atoms with Gasteiger partial charge in [-0.2, -0.15) is 0 Å². The zero-order valence-corrected chi connectivity index (χ0v) is 15.0. The number of nitrogens with one attached hydrogen (secondary N) is 2. The number of nitrogens with zero attached hydrogens (tertiary/aromatic N) is 2. The van der Waals surface area contributed by atoms with Gasteiger partial charge in [0.2, 0.25) is 0 Å². The molecule has 2 heterocycles. The van der Waals surface area contributed by atoms with Crippen LogP contribution in [-0.2, 0) is 0 Å². The van der Waals surface area contributed by atoms with E-state index in [0.717, 1.165) is 21.3 Å². The number of aromatic nitrogens is 2. The molecular formula is C19H16N4O3S. The molecule has 2 amide bonds. The highest BCUT2D eigenvalue weighted by molar-refractivity contribution is 7.15. The lowest BCUT2D eigenvalue weighted by Gasteiger charge is -2.07. The molecule has 0 unspecified atom stereocenters. The van der Waals surface area contributed by atoms with Crippen LogP contribution in [0.4, 0.5) is 4.79 Å². The molecule has 7 nitrogen and oxygen atoms in total. The Labute approximate surface area is 158 Å². The Bertz CT molecular complexity index is 1150. The number of imidazole rings is 1. The molecule has 0 saturated carbocycles. The summed E-state index contributed by atoms with van der Waals surface area (Å²) in [5.74, 6) is -0.295. The molecule has 0 bridgehead atoms. The van der Waals surface area contributed by atoms with Crippen molar-refractivity contribution in [1.82, 2.24) is 20.0 Å². The molecule has 3 N–H and O–H groups in total. The summed E-state index contributed by atoms with van der Waals surface area (Å²) in [6.07, 6.45) is 0.688. The minimum Gasteiger partial charge on any atom is -0.465 e. The average Bonchev–Trinajstić information content (AvgIpc) is 3.25. The molecule has 0 aliphatic heterocycles. The van der Waals surface area contributed by atoms with Crippen LogP contribution < -0.4 is 10.6 Å². The SMILES string of the molecule is O=C(O)NCCNC(=O)c1c(-c2ccc3ccccc3c2)nc2sccn12. The largest absolute Gasteiger partial charge is 0.465 e. The molecule has 2 aromatic carbocycles. The maximum absolute atomic E-state index is 12.8. The highest BCUT2D eigenvalue weighted by Gasteiger charge is 2.21. The van der Waals surface area contributed by atoms with Crippen LogP contribution in [0.15, 0.2) is 54.0 Å². The normalized spacial score (nSPS) is 11.0. The Morgan fingerprint density at radius 2 is 1.85 bits per heavy atom. The maximum Gasteiger partial charge on any atom is 0.404 e. The van der Waals surface area contributed by atoms with Crippen molar-refractivity contribution in [3.05, 3.63) is 59.7 Å². The molecule has 0 fully saturated rings. The van der Waals surface area contributed by atoms with Gasteiger partial charge in [0.05, 0.1) is 0 Å². The summed E-state index contributed by atoms with van der Waals surface area (Å²) in [4.78, 5) is 28.7.